The fourth-order valence-electron chi connectivity index (χ4n) is 2.13. The van der Waals surface area contributed by atoms with E-state index in [0.29, 0.717) is 17.0 Å². The summed E-state index contributed by atoms with van der Waals surface area (Å²) >= 11 is 3.28. The largest absolute Gasteiger partial charge is 0.484 e. The number of rotatable bonds is 7. The number of amides is 3. The molecule has 3 amide bonds. The van der Waals surface area contributed by atoms with Gasteiger partial charge in [-0.05, 0) is 61.9 Å². The van der Waals surface area contributed by atoms with Crippen molar-refractivity contribution in [2.45, 2.75) is 19.9 Å². The highest BCUT2D eigenvalue weighted by Crippen LogP contribution is 2.15. The van der Waals surface area contributed by atoms with E-state index < -0.39 is 11.8 Å². The Morgan fingerprint density at radius 1 is 1.10 bits per heavy atom. The predicted octanol–water partition coefficient (Wildman–Crippen LogP) is 2.44. The van der Waals surface area contributed by atoms with Crippen LogP contribution in [-0.2, 0) is 14.4 Å². The van der Waals surface area contributed by atoms with Gasteiger partial charge in [-0.2, -0.15) is 5.10 Å². The first kappa shape index (κ1) is 22.1. The number of benzene rings is 2. The average molecular weight is 461 g/mol. The number of ether oxygens (including phenoxy) is 1. The summed E-state index contributed by atoms with van der Waals surface area (Å²) in [6.45, 7) is 3.67. The van der Waals surface area contributed by atoms with E-state index in [1.165, 1.54) is 6.21 Å². The topological polar surface area (TPSA) is 109 Å². The molecule has 0 aromatic heterocycles. The first-order valence-electron chi connectivity index (χ1n) is 8.75. The highest BCUT2D eigenvalue weighted by molar-refractivity contribution is 9.10. The van der Waals surface area contributed by atoms with Crippen molar-refractivity contribution < 1.29 is 19.1 Å². The SMILES string of the molecule is CC(C)NC(=O)COc1ccc(/C=N\NC(=O)C(=O)Nc2cccc(Br)c2)cc1. The Balaban J connectivity index is 1.79. The minimum atomic E-state index is -0.891. The average Bonchev–Trinajstić information content (AvgIpc) is 2.66. The first-order chi connectivity index (χ1) is 13.8. The molecule has 152 valence electrons. The summed E-state index contributed by atoms with van der Waals surface area (Å²) in [7, 11) is 0. The second-order valence-electron chi connectivity index (χ2n) is 6.24. The van der Waals surface area contributed by atoms with Crippen molar-refractivity contribution in [1.82, 2.24) is 10.7 Å². The Hall–Kier alpha value is -3.20. The molecule has 0 fully saturated rings. The molecule has 29 heavy (non-hydrogen) atoms. The molecule has 0 aliphatic carbocycles. The fraction of sp³-hybridized carbons (Fsp3) is 0.200. The van der Waals surface area contributed by atoms with Crippen LogP contribution >= 0.6 is 15.9 Å². The van der Waals surface area contributed by atoms with Gasteiger partial charge < -0.3 is 15.4 Å². The van der Waals surface area contributed by atoms with Gasteiger partial charge in [-0.3, -0.25) is 14.4 Å². The third-order valence-electron chi connectivity index (χ3n) is 3.37. The van der Waals surface area contributed by atoms with Gasteiger partial charge in [0.2, 0.25) is 0 Å². The standard InChI is InChI=1S/C20H21BrN4O4/c1-13(2)23-18(26)12-29-17-8-6-14(7-9-17)11-22-25-20(28)19(27)24-16-5-3-4-15(21)10-16/h3-11,13H,12H2,1-2H3,(H,23,26)(H,24,27)(H,25,28)/b22-11-. The minimum absolute atomic E-state index is 0.0524. The summed E-state index contributed by atoms with van der Waals surface area (Å²) in [4.78, 5) is 35.2. The third kappa shape index (κ3) is 8.14. The first-order valence-corrected chi connectivity index (χ1v) is 9.55. The maximum Gasteiger partial charge on any atom is 0.329 e. The monoisotopic (exact) mass is 460 g/mol. The van der Waals surface area contributed by atoms with E-state index in [2.05, 4.69) is 37.1 Å². The second-order valence-corrected chi connectivity index (χ2v) is 7.16. The van der Waals surface area contributed by atoms with E-state index in [-0.39, 0.29) is 18.6 Å². The summed E-state index contributed by atoms with van der Waals surface area (Å²) in [6, 6.07) is 13.7. The van der Waals surface area contributed by atoms with E-state index >= 15 is 0 Å². The zero-order chi connectivity index (χ0) is 21.2. The highest BCUT2D eigenvalue weighted by atomic mass is 79.9. The maximum absolute atomic E-state index is 11.8. The molecule has 3 N–H and O–H groups in total. The number of halogens is 1. The molecule has 0 unspecified atom stereocenters. The summed E-state index contributed by atoms with van der Waals surface area (Å²) < 4.78 is 6.16. The molecule has 0 aliphatic rings. The van der Waals surface area contributed by atoms with Crippen molar-refractivity contribution in [3.63, 3.8) is 0 Å². The van der Waals surface area contributed by atoms with Crippen LogP contribution < -0.4 is 20.8 Å². The van der Waals surface area contributed by atoms with Gasteiger partial charge in [0.15, 0.2) is 6.61 Å². The number of carbonyl (C=O) groups is 3. The third-order valence-corrected chi connectivity index (χ3v) is 3.86. The summed E-state index contributed by atoms with van der Waals surface area (Å²) in [5.41, 5.74) is 3.33. The number of carbonyl (C=O) groups excluding carboxylic acids is 3. The van der Waals surface area contributed by atoms with Crippen LogP contribution in [0, 0.1) is 0 Å². The number of anilines is 1. The Kier molecular flexibility index (Phi) is 8.35. The molecule has 0 saturated carbocycles. The molecule has 0 aliphatic heterocycles. The zero-order valence-corrected chi connectivity index (χ0v) is 17.5. The summed E-state index contributed by atoms with van der Waals surface area (Å²) in [6.07, 6.45) is 1.39. The number of hydrogen-bond donors (Lipinski definition) is 3. The number of hydrazone groups is 1. The molecule has 0 bridgehead atoms. The lowest BCUT2D eigenvalue weighted by atomic mass is 10.2. The van der Waals surface area contributed by atoms with Crippen LogP contribution in [0.3, 0.4) is 0 Å². The Morgan fingerprint density at radius 3 is 2.48 bits per heavy atom. The molecule has 0 saturated heterocycles. The van der Waals surface area contributed by atoms with Gasteiger partial charge in [0.05, 0.1) is 6.21 Å². The lowest BCUT2D eigenvalue weighted by Crippen LogP contribution is -2.34. The van der Waals surface area contributed by atoms with Gasteiger partial charge in [-0.25, -0.2) is 5.43 Å². The molecular formula is C20H21BrN4O4. The van der Waals surface area contributed by atoms with Crippen LogP contribution in [0.2, 0.25) is 0 Å². The van der Waals surface area contributed by atoms with Crippen LogP contribution in [0.5, 0.6) is 5.75 Å². The molecule has 9 heteroatoms. The molecule has 2 aromatic rings. The van der Waals surface area contributed by atoms with Crippen molar-refractivity contribution in [3.8, 4) is 5.75 Å². The Bertz CT molecular complexity index is 898. The lowest BCUT2D eigenvalue weighted by Gasteiger charge is -2.09. The smallest absolute Gasteiger partial charge is 0.329 e. The zero-order valence-electron chi connectivity index (χ0n) is 15.9. The molecular weight excluding hydrogens is 440 g/mol. The van der Waals surface area contributed by atoms with Crippen LogP contribution in [0.1, 0.15) is 19.4 Å². The highest BCUT2D eigenvalue weighted by Gasteiger charge is 2.12. The Morgan fingerprint density at radius 2 is 1.83 bits per heavy atom. The maximum atomic E-state index is 11.8. The fourth-order valence-corrected chi connectivity index (χ4v) is 2.53. The van der Waals surface area contributed by atoms with Crippen LogP contribution in [0.15, 0.2) is 58.1 Å². The van der Waals surface area contributed by atoms with E-state index in [0.717, 1.165) is 4.47 Å². The summed E-state index contributed by atoms with van der Waals surface area (Å²) in [5, 5.41) is 8.96. The molecule has 0 radical (unpaired) electrons. The normalized spacial score (nSPS) is 10.6. The van der Waals surface area contributed by atoms with E-state index in [1.807, 2.05) is 13.8 Å². The Labute approximate surface area is 176 Å². The molecule has 8 nitrogen and oxygen atoms in total. The van der Waals surface area contributed by atoms with Crippen LogP contribution in [0.4, 0.5) is 5.69 Å². The van der Waals surface area contributed by atoms with Gasteiger partial charge in [-0.15, -0.1) is 0 Å². The van der Waals surface area contributed by atoms with Crippen molar-refractivity contribution in [3.05, 3.63) is 58.6 Å². The molecule has 2 rings (SSSR count). The molecule has 0 atom stereocenters. The lowest BCUT2D eigenvalue weighted by molar-refractivity contribution is -0.136. The van der Waals surface area contributed by atoms with E-state index in [1.54, 1.807) is 48.5 Å². The number of nitrogens with one attached hydrogen (secondary N) is 3. The molecule has 0 spiro atoms. The van der Waals surface area contributed by atoms with Crippen LogP contribution in [-0.4, -0.2) is 36.6 Å². The van der Waals surface area contributed by atoms with Crippen molar-refractivity contribution in [1.29, 1.82) is 0 Å². The van der Waals surface area contributed by atoms with E-state index in [4.69, 9.17) is 4.74 Å². The van der Waals surface area contributed by atoms with Gasteiger partial charge in [0, 0.05) is 16.2 Å². The quantitative estimate of drug-likeness (QED) is 0.334. The van der Waals surface area contributed by atoms with Gasteiger partial charge in [0.25, 0.3) is 5.91 Å². The van der Waals surface area contributed by atoms with Gasteiger partial charge >= 0.3 is 11.8 Å². The van der Waals surface area contributed by atoms with Crippen molar-refractivity contribution >= 4 is 45.6 Å². The molecule has 0 heterocycles. The van der Waals surface area contributed by atoms with E-state index in [9.17, 15) is 14.4 Å². The van der Waals surface area contributed by atoms with Crippen molar-refractivity contribution in [2.75, 3.05) is 11.9 Å². The number of nitrogens with zero attached hydrogens (tertiary/aromatic N) is 1. The van der Waals surface area contributed by atoms with Crippen molar-refractivity contribution in [2.24, 2.45) is 5.10 Å². The van der Waals surface area contributed by atoms with Gasteiger partial charge in [0.1, 0.15) is 5.75 Å². The number of hydrogen-bond acceptors (Lipinski definition) is 5. The van der Waals surface area contributed by atoms with Gasteiger partial charge in [-0.1, -0.05) is 22.0 Å². The molecule has 2 aromatic carbocycles. The summed E-state index contributed by atoms with van der Waals surface area (Å²) in [5.74, 6) is -1.39. The predicted molar refractivity (Wildman–Crippen MR) is 114 cm³/mol. The second kappa shape index (κ2) is 11.0. The minimum Gasteiger partial charge on any atom is -0.484 e. The van der Waals surface area contributed by atoms with Crippen LogP contribution in [0.25, 0.3) is 0 Å².